The van der Waals surface area contributed by atoms with Crippen molar-refractivity contribution in [1.29, 1.82) is 0 Å². The van der Waals surface area contributed by atoms with Crippen LogP contribution in [0.5, 0.6) is 0 Å². The van der Waals surface area contributed by atoms with Gasteiger partial charge in [0.1, 0.15) is 4.60 Å². The van der Waals surface area contributed by atoms with E-state index in [1.165, 1.54) is 5.56 Å². The van der Waals surface area contributed by atoms with E-state index in [2.05, 4.69) is 40.8 Å². The zero-order chi connectivity index (χ0) is 8.27. The molecule has 0 radical (unpaired) electrons. The molecule has 1 nitrogen and oxygen atoms in total. The Bertz CT molecular complexity index is 235. The average molecular weight is 214 g/mol. The molecule has 0 bridgehead atoms. The Morgan fingerprint density at radius 3 is 2.91 bits per heavy atom. The molecule has 0 spiro atoms. The molecule has 0 unspecified atom stereocenters. The lowest BCUT2D eigenvalue weighted by atomic mass is 10.0. The number of pyridine rings is 1. The number of halogens is 1. The maximum absolute atomic E-state index is 4.16. The molecule has 60 valence electrons. The van der Waals surface area contributed by atoms with Gasteiger partial charge in [0.25, 0.3) is 0 Å². The number of hydrogen-bond acceptors (Lipinski definition) is 1. The third kappa shape index (κ3) is 2.03. The maximum Gasteiger partial charge on any atom is 0.109 e. The monoisotopic (exact) mass is 213 g/mol. The molecule has 0 aliphatic carbocycles. The summed E-state index contributed by atoms with van der Waals surface area (Å²) in [6.45, 7) is 4.39. The van der Waals surface area contributed by atoms with Crippen LogP contribution in [-0.2, 0) is 0 Å². The van der Waals surface area contributed by atoms with Crippen molar-refractivity contribution < 1.29 is 0 Å². The first-order valence-electron chi connectivity index (χ1n) is 3.86. The molecule has 2 heteroatoms. The summed E-state index contributed by atoms with van der Waals surface area (Å²) in [5, 5.41) is 0. The van der Waals surface area contributed by atoms with Gasteiger partial charge in [-0.15, -0.1) is 0 Å². The summed E-state index contributed by atoms with van der Waals surface area (Å²) in [7, 11) is 0. The van der Waals surface area contributed by atoms with Crippen molar-refractivity contribution in [2.75, 3.05) is 0 Å². The fraction of sp³-hybridized carbons (Fsp3) is 0.444. The number of hydrogen-bond donors (Lipinski definition) is 0. The molecule has 0 saturated heterocycles. The second-order valence-corrected chi connectivity index (χ2v) is 3.44. The molecule has 1 aromatic heterocycles. The van der Waals surface area contributed by atoms with E-state index >= 15 is 0 Å². The zero-order valence-electron chi connectivity index (χ0n) is 6.84. The van der Waals surface area contributed by atoms with Gasteiger partial charge in [0.2, 0.25) is 0 Å². The van der Waals surface area contributed by atoms with Crippen LogP contribution in [0.3, 0.4) is 0 Å². The Morgan fingerprint density at radius 2 is 2.36 bits per heavy atom. The van der Waals surface area contributed by atoms with Crippen LogP contribution in [0.1, 0.15) is 31.7 Å². The lowest BCUT2D eigenvalue weighted by Gasteiger charge is -2.09. The second-order valence-electron chi connectivity index (χ2n) is 2.69. The Kier molecular flexibility index (Phi) is 3.06. The average Bonchev–Trinajstić information content (AvgIpc) is 2.04. The highest BCUT2D eigenvalue weighted by molar-refractivity contribution is 9.10. The van der Waals surface area contributed by atoms with Gasteiger partial charge in [-0.2, -0.15) is 0 Å². The van der Waals surface area contributed by atoms with Crippen molar-refractivity contribution in [3.63, 3.8) is 0 Å². The molecule has 1 rings (SSSR count). The fourth-order valence-electron chi connectivity index (χ4n) is 0.986. The molecule has 0 aromatic carbocycles. The van der Waals surface area contributed by atoms with Gasteiger partial charge in [0.05, 0.1) is 0 Å². The van der Waals surface area contributed by atoms with E-state index in [1.54, 1.807) is 6.20 Å². The van der Waals surface area contributed by atoms with Crippen LogP contribution >= 0.6 is 15.9 Å². The quantitative estimate of drug-likeness (QED) is 0.688. The standard InChI is InChI=1S/C9H12BrN/c1-3-7(2)8-5-4-6-11-9(8)10/h4-7H,3H2,1-2H3/t7-/m0/s1. The summed E-state index contributed by atoms with van der Waals surface area (Å²) >= 11 is 3.43. The summed E-state index contributed by atoms with van der Waals surface area (Å²) in [6.07, 6.45) is 2.96. The summed E-state index contributed by atoms with van der Waals surface area (Å²) in [5.41, 5.74) is 1.30. The first-order chi connectivity index (χ1) is 5.25. The number of nitrogens with zero attached hydrogens (tertiary/aromatic N) is 1. The lowest BCUT2D eigenvalue weighted by molar-refractivity contribution is 0.725. The smallest absolute Gasteiger partial charge is 0.109 e. The molecule has 0 saturated carbocycles. The molecule has 1 aromatic rings. The van der Waals surface area contributed by atoms with E-state index in [4.69, 9.17) is 0 Å². The molecule has 1 atom stereocenters. The van der Waals surface area contributed by atoms with Crippen LogP contribution in [-0.4, -0.2) is 4.98 Å². The maximum atomic E-state index is 4.16. The van der Waals surface area contributed by atoms with Gasteiger partial charge in [-0.05, 0) is 39.9 Å². The van der Waals surface area contributed by atoms with Crippen LogP contribution in [0, 0.1) is 0 Å². The van der Waals surface area contributed by atoms with Crippen molar-refractivity contribution >= 4 is 15.9 Å². The molecular formula is C9H12BrN. The minimum atomic E-state index is 0.595. The SMILES string of the molecule is CC[C@H](C)c1cccnc1Br. The third-order valence-corrected chi connectivity index (χ3v) is 2.59. The minimum Gasteiger partial charge on any atom is -0.249 e. The Morgan fingerprint density at radius 1 is 1.64 bits per heavy atom. The molecule has 0 aliphatic rings. The highest BCUT2D eigenvalue weighted by atomic mass is 79.9. The van der Waals surface area contributed by atoms with Crippen LogP contribution in [0.2, 0.25) is 0 Å². The minimum absolute atomic E-state index is 0.595. The molecule has 0 N–H and O–H groups in total. The largest absolute Gasteiger partial charge is 0.249 e. The summed E-state index contributed by atoms with van der Waals surface area (Å²) < 4.78 is 0.981. The van der Waals surface area contributed by atoms with Crippen molar-refractivity contribution in [3.8, 4) is 0 Å². The Labute approximate surface area is 76.0 Å². The molecular weight excluding hydrogens is 202 g/mol. The summed E-state index contributed by atoms with van der Waals surface area (Å²) in [4.78, 5) is 4.16. The lowest BCUT2D eigenvalue weighted by Crippen LogP contribution is -1.93. The molecule has 1 heterocycles. The van der Waals surface area contributed by atoms with Gasteiger partial charge in [-0.3, -0.25) is 0 Å². The molecule has 0 fully saturated rings. The Hall–Kier alpha value is -0.370. The predicted molar refractivity (Wildman–Crippen MR) is 50.6 cm³/mol. The van der Waals surface area contributed by atoms with Gasteiger partial charge in [-0.25, -0.2) is 4.98 Å². The first-order valence-corrected chi connectivity index (χ1v) is 4.65. The van der Waals surface area contributed by atoms with Crippen molar-refractivity contribution in [3.05, 3.63) is 28.5 Å². The topological polar surface area (TPSA) is 12.9 Å². The van der Waals surface area contributed by atoms with E-state index in [1.807, 2.05) is 6.07 Å². The van der Waals surface area contributed by atoms with E-state index < -0.39 is 0 Å². The van der Waals surface area contributed by atoms with Gasteiger partial charge < -0.3 is 0 Å². The Balaban J connectivity index is 2.93. The van der Waals surface area contributed by atoms with Crippen LogP contribution in [0.25, 0.3) is 0 Å². The van der Waals surface area contributed by atoms with Crippen LogP contribution in [0.4, 0.5) is 0 Å². The molecule has 0 aliphatic heterocycles. The number of aromatic nitrogens is 1. The van der Waals surface area contributed by atoms with Gasteiger partial charge in [-0.1, -0.05) is 19.9 Å². The third-order valence-electron chi connectivity index (χ3n) is 1.93. The summed E-state index contributed by atoms with van der Waals surface area (Å²) in [6, 6.07) is 4.09. The van der Waals surface area contributed by atoms with Gasteiger partial charge in [0, 0.05) is 6.20 Å². The highest BCUT2D eigenvalue weighted by Crippen LogP contribution is 2.24. The molecule has 0 amide bonds. The first kappa shape index (κ1) is 8.72. The predicted octanol–water partition coefficient (Wildman–Crippen LogP) is 3.36. The van der Waals surface area contributed by atoms with E-state index in [-0.39, 0.29) is 0 Å². The number of rotatable bonds is 2. The second kappa shape index (κ2) is 3.86. The zero-order valence-corrected chi connectivity index (χ0v) is 8.43. The van der Waals surface area contributed by atoms with Crippen LogP contribution in [0.15, 0.2) is 22.9 Å². The van der Waals surface area contributed by atoms with Gasteiger partial charge >= 0.3 is 0 Å². The van der Waals surface area contributed by atoms with Crippen molar-refractivity contribution in [2.24, 2.45) is 0 Å². The van der Waals surface area contributed by atoms with Crippen molar-refractivity contribution in [2.45, 2.75) is 26.2 Å². The van der Waals surface area contributed by atoms with E-state index in [0.717, 1.165) is 11.0 Å². The van der Waals surface area contributed by atoms with E-state index in [0.29, 0.717) is 5.92 Å². The fourth-order valence-corrected chi connectivity index (χ4v) is 1.63. The highest BCUT2D eigenvalue weighted by Gasteiger charge is 2.06. The van der Waals surface area contributed by atoms with Gasteiger partial charge in [0.15, 0.2) is 0 Å². The molecule has 11 heavy (non-hydrogen) atoms. The normalized spacial score (nSPS) is 13.0. The van der Waals surface area contributed by atoms with Crippen LogP contribution < -0.4 is 0 Å². The van der Waals surface area contributed by atoms with E-state index in [9.17, 15) is 0 Å². The van der Waals surface area contributed by atoms with Crippen molar-refractivity contribution in [1.82, 2.24) is 4.98 Å². The summed E-state index contributed by atoms with van der Waals surface area (Å²) in [5.74, 6) is 0.595.